The maximum atomic E-state index is 13.4. The smallest absolute Gasteiger partial charge is 0.404 e. The number of anilines is 4. The number of nitrogens with one attached hydrogen (secondary N) is 4. The van der Waals surface area contributed by atoms with E-state index >= 15 is 0 Å². The number of alkyl halides is 12. The predicted octanol–water partition coefficient (Wildman–Crippen LogP) is 12.0. The van der Waals surface area contributed by atoms with Gasteiger partial charge in [-0.25, -0.2) is 9.35 Å². The van der Waals surface area contributed by atoms with E-state index in [9.17, 15) is 56.9 Å². The third-order valence-electron chi connectivity index (χ3n) is 11.7. The first-order chi connectivity index (χ1) is 36.4. The second kappa shape index (κ2) is 25.3. The van der Waals surface area contributed by atoms with Gasteiger partial charge in [-0.1, -0.05) is 24.0 Å². The summed E-state index contributed by atoms with van der Waals surface area (Å²) in [6.45, 7) is -0.424. The number of nitrogens with zero attached hydrogens (tertiary/aromatic N) is 2. The van der Waals surface area contributed by atoms with E-state index in [1.54, 1.807) is 54.8 Å². The number of rotatable bonds is 14. The van der Waals surface area contributed by atoms with Gasteiger partial charge in [-0.2, -0.15) is 26.3 Å². The lowest BCUT2D eigenvalue weighted by Gasteiger charge is -2.24. The summed E-state index contributed by atoms with van der Waals surface area (Å²) in [6, 6.07) is 21.2. The fraction of sp³-hybridized carbons (Fsp3) is 0.373. The van der Waals surface area contributed by atoms with Gasteiger partial charge >= 0.3 is 25.1 Å². The molecule has 1 atom stereocenters. The van der Waals surface area contributed by atoms with E-state index in [0.29, 0.717) is 64.5 Å². The van der Waals surface area contributed by atoms with Gasteiger partial charge < -0.3 is 49.3 Å². The molecular weight excluding hydrogens is 1080 g/mol. The zero-order valence-corrected chi connectivity index (χ0v) is 42.2. The number of nitrogens with two attached hydrogens (primary N) is 1. The molecule has 2 aromatic heterocycles. The van der Waals surface area contributed by atoms with Crippen LogP contribution >= 0.6 is 11.8 Å². The first-order valence-corrected chi connectivity index (χ1v) is 25.9. The predicted molar refractivity (Wildman–Crippen MR) is 270 cm³/mol. The molecule has 12 nitrogen and oxygen atoms in total. The van der Waals surface area contributed by atoms with E-state index in [1.807, 2.05) is 6.07 Å². The van der Waals surface area contributed by atoms with Crippen molar-refractivity contribution in [3.8, 4) is 35.2 Å². The minimum absolute atomic E-state index is 0.0632. The van der Waals surface area contributed by atoms with Gasteiger partial charge in [0.05, 0.1) is 51.8 Å². The van der Waals surface area contributed by atoms with Crippen LogP contribution in [0.1, 0.15) is 37.1 Å². The molecule has 414 valence electrons. The Morgan fingerprint density at radius 2 is 1.04 bits per heavy atom. The number of hydrogen-bond donors (Lipinski definition) is 5. The summed E-state index contributed by atoms with van der Waals surface area (Å²) in [5.74, 6) is 9.75. The summed E-state index contributed by atoms with van der Waals surface area (Å²) in [6.07, 6.45) is -14.1. The first kappa shape index (κ1) is 58.1. The first-order valence-electron chi connectivity index (χ1n) is 23.4. The SMILES string of the molecule is CSc1ccc(NCC#Cc2cc3c(NC4CCOCC4)cccc3n2CC(F)(F)F)c(OC(F)(F)F)c1.NS(=O)c1ccc(NCC#Cc2cc3c(NC4CCOCC4)cccc3n2CC(F)(F)F)c(OC(F)(F)F)c1. The molecule has 2 saturated heterocycles. The fourth-order valence-corrected chi connectivity index (χ4v) is 9.22. The molecule has 26 heteroatoms. The highest BCUT2D eigenvalue weighted by molar-refractivity contribution is 7.98. The van der Waals surface area contributed by atoms with Gasteiger partial charge in [0.1, 0.15) is 24.1 Å². The standard InChI is InChI=1S/C26H25F6N3O2S.C25H24F6N4O3S/c1-38-19-7-8-22(24(15-19)37-26(30,31)32)33-11-3-4-18-14-20-21(34-17-9-12-36-13-10-17)5-2-6-23(20)35(18)16-25(27,28)29;26-24(27,28)15-35-17(13-19-20(4-1-5-22(19)35)34-16-8-11-37-12-9-16)3-2-10-33-21-7-6-18(39(32)36)14-23(21)38-25(29,30)31/h2,5-8,14-15,17,33-34H,9-13,16H2,1H3;1,4-7,13-14,16,33-34H,8-12,15,32H2. The van der Waals surface area contributed by atoms with Gasteiger partial charge in [0.2, 0.25) is 0 Å². The van der Waals surface area contributed by atoms with Crippen molar-refractivity contribution in [3.63, 3.8) is 0 Å². The number of halogens is 12. The summed E-state index contributed by atoms with van der Waals surface area (Å²) < 4.78 is 190. The molecule has 4 aromatic carbocycles. The Balaban J connectivity index is 0.000000224. The van der Waals surface area contributed by atoms with Crippen molar-refractivity contribution in [3.05, 3.63) is 96.3 Å². The van der Waals surface area contributed by atoms with Gasteiger partial charge in [0, 0.05) is 71.6 Å². The number of thioether (sulfide) groups is 1. The maximum Gasteiger partial charge on any atom is 0.573 e. The Morgan fingerprint density at radius 3 is 1.44 bits per heavy atom. The van der Waals surface area contributed by atoms with Crippen LogP contribution in [0.5, 0.6) is 11.5 Å². The zero-order chi connectivity index (χ0) is 55.5. The Morgan fingerprint density at radius 1 is 0.610 bits per heavy atom. The molecule has 0 bridgehead atoms. The third kappa shape index (κ3) is 17.2. The molecule has 6 aromatic rings. The average Bonchev–Trinajstić information content (AvgIpc) is 3.90. The molecule has 0 spiro atoms. The van der Waals surface area contributed by atoms with E-state index < -0.39 is 60.7 Å². The third-order valence-corrected chi connectivity index (χ3v) is 13.2. The van der Waals surface area contributed by atoms with Crippen molar-refractivity contribution in [2.45, 2.75) is 85.7 Å². The summed E-state index contributed by atoms with van der Waals surface area (Å²) in [5.41, 5.74) is 2.28. The molecule has 0 amide bonds. The molecule has 0 saturated carbocycles. The second-order valence-corrected chi connectivity index (χ2v) is 19.2. The number of benzene rings is 4. The number of fused-ring (bicyclic) bond motifs is 2. The average molecular weight is 1130 g/mol. The van der Waals surface area contributed by atoms with Crippen LogP contribution in [-0.2, 0) is 33.5 Å². The number of ether oxygens (including phenoxy) is 4. The van der Waals surface area contributed by atoms with E-state index in [0.717, 1.165) is 40.9 Å². The largest absolute Gasteiger partial charge is 0.573 e. The van der Waals surface area contributed by atoms with Crippen LogP contribution in [0.25, 0.3) is 21.8 Å². The Bertz CT molecular complexity index is 3140. The van der Waals surface area contributed by atoms with Crippen LogP contribution in [0.3, 0.4) is 0 Å². The lowest BCUT2D eigenvalue weighted by atomic mass is 10.1. The molecule has 2 fully saturated rings. The Labute approximate surface area is 440 Å². The highest BCUT2D eigenvalue weighted by atomic mass is 32.2. The topological polar surface area (TPSA) is 138 Å². The molecule has 77 heavy (non-hydrogen) atoms. The molecular formula is C51H49F12N7O5S2. The maximum absolute atomic E-state index is 13.4. The van der Waals surface area contributed by atoms with Crippen molar-refractivity contribution in [1.29, 1.82) is 0 Å². The van der Waals surface area contributed by atoms with Crippen LogP contribution in [0, 0.1) is 23.7 Å². The van der Waals surface area contributed by atoms with Crippen LogP contribution in [-0.4, -0.2) is 96.3 Å². The van der Waals surface area contributed by atoms with Gasteiger partial charge in [0.25, 0.3) is 0 Å². The minimum Gasteiger partial charge on any atom is -0.404 e. The Kier molecular flexibility index (Phi) is 19.1. The molecule has 0 radical (unpaired) electrons. The molecule has 8 rings (SSSR count). The van der Waals surface area contributed by atoms with Gasteiger partial charge in [-0.15, -0.1) is 38.1 Å². The number of aromatic nitrogens is 2. The summed E-state index contributed by atoms with van der Waals surface area (Å²) in [4.78, 5) is 0.482. The van der Waals surface area contributed by atoms with Gasteiger partial charge in [-0.3, -0.25) is 0 Å². The van der Waals surface area contributed by atoms with Crippen molar-refractivity contribution < 1.29 is 75.8 Å². The molecule has 0 aliphatic carbocycles. The molecule has 1 unspecified atom stereocenters. The zero-order valence-electron chi connectivity index (χ0n) is 40.6. The minimum atomic E-state index is -5.02. The molecule has 2 aliphatic heterocycles. The lowest BCUT2D eigenvalue weighted by Crippen LogP contribution is -2.27. The second-order valence-electron chi connectivity index (χ2n) is 17.2. The van der Waals surface area contributed by atoms with E-state index in [2.05, 4.69) is 54.4 Å². The monoisotopic (exact) mass is 1130 g/mol. The van der Waals surface area contributed by atoms with Crippen LogP contribution in [0.2, 0.25) is 0 Å². The van der Waals surface area contributed by atoms with Crippen molar-refractivity contribution in [1.82, 2.24) is 9.13 Å². The van der Waals surface area contributed by atoms with Crippen LogP contribution in [0.4, 0.5) is 75.4 Å². The summed E-state index contributed by atoms with van der Waals surface area (Å²) >= 11 is 1.25. The quantitative estimate of drug-likeness (QED) is 0.0407. The van der Waals surface area contributed by atoms with Crippen molar-refractivity contribution in [2.24, 2.45) is 5.14 Å². The summed E-state index contributed by atoms with van der Waals surface area (Å²) in [5, 5.41) is 18.6. The molecule has 4 heterocycles. The van der Waals surface area contributed by atoms with Gasteiger partial charge in [0.15, 0.2) is 11.5 Å². The van der Waals surface area contributed by atoms with Crippen molar-refractivity contribution >= 4 is 67.3 Å². The van der Waals surface area contributed by atoms with E-state index in [1.165, 1.54) is 36.0 Å². The lowest BCUT2D eigenvalue weighted by molar-refractivity contribution is -0.275. The van der Waals surface area contributed by atoms with E-state index in [-0.39, 0.29) is 52.8 Å². The van der Waals surface area contributed by atoms with Crippen LogP contribution < -0.4 is 35.9 Å². The highest BCUT2D eigenvalue weighted by Gasteiger charge is 2.34. The van der Waals surface area contributed by atoms with E-state index in [4.69, 9.17) is 14.6 Å². The highest BCUT2D eigenvalue weighted by Crippen LogP contribution is 2.36. The van der Waals surface area contributed by atoms with Gasteiger partial charge in [-0.05, 0) is 111 Å². The fourth-order valence-electron chi connectivity index (χ4n) is 8.37. The van der Waals surface area contributed by atoms with Crippen LogP contribution in [0.15, 0.2) is 94.7 Å². The Hall–Kier alpha value is -6.58. The number of hydrogen-bond acceptors (Lipinski definition) is 10. The van der Waals surface area contributed by atoms with Crippen molar-refractivity contribution in [2.75, 3.05) is 67.0 Å². The molecule has 6 N–H and O–H groups in total. The molecule has 2 aliphatic rings. The normalized spacial score (nSPS) is 15.1. The summed E-state index contributed by atoms with van der Waals surface area (Å²) in [7, 11) is -2.04.